The van der Waals surface area contributed by atoms with Gasteiger partial charge in [0.25, 0.3) is 0 Å². The third-order valence-corrected chi connectivity index (χ3v) is 3.16. The molecular formula is C13H12N4S. The van der Waals surface area contributed by atoms with E-state index in [2.05, 4.69) is 52.0 Å². The van der Waals surface area contributed by atoms with E-state index < -0.39 is 0 Å². The molecule has 90 valence electrons. The molecule has 0 atom stereocenters. The van der Waals surface area contributed by atoms with Crippen molar-refractivity contribution in [3.8, 4) is 0 Å². The van der Waals surface area contributed by atoms with Gasteiger partial charge in [-0.3, -0.25) is 5.10 Å². The van der Waals surface area contributed by atoms with Crippen molar-refractivity contribution in [2.24, 2.45) is 0 Å². The zero-order valence-electron chi connectivity index (χ0n) is 9.63. The molecular weight excluding hydrogens is 244 g/mol. The number of aromatic nitrogens is 3. The summed E-state index contributed by atoms with van der Waals surface area (Å²) in [6.07, 6.45) is 1.63. The predicted molar refractivity (Wildman–Crippen MR) is 74.4 cm³/mol. The van der Waals surface area contributed by atoms with E-state index in [1.54, 1.807) is 11.0 Å². The summed E-state index contributed by atoms with van der Waals surface area (Å²) in [4.78, 5) is 0. The van der Waals surface area contributed by atoms with Gasteiger partial charge in [0.05, 0.1) is 6.54 Å². The Morgan fingerprint density at radius 1 is 1.17 bits per heavy atom. The van der Waals surface area contributed by atoms with Gasteiger partial charge in [0.2, 0.25) is 4.77 Å². The molecule has 0 radical (unpaired) electrons. The molecule has 0 spiro atoms. The highest BCUT2D eigenvalue weighted by Crippen LogP contribution is 2.18. The topological polar surface area (TPSA) is 45.6 Å². The number of benzene rings is 2. The molecule has 2 N–H and O–H groups in total. The first-order chi connectivity index (χ1) is 8.84. The molecule has 0 amide bonds. The minimum atomic E-state index is 0.565. The first kappa shape index (κ1) is 11.0. The van der Waals surface area contributed by atoms with E-state index in [4.69, 9.17) is 12.2 Å². The van der Waals surface area contributed by atoms with Gasteiger partial charge in [-0.15, -0.1) is 0 Å². The van der Waals surface area contributed by atoms with Gasteiger partial charge >= 0.3 is 0 Å². The van der Waals surface area contributed by atoms with Crippen LogP contribution >= 0.6 is 12.2 Å². The molecule has 2 aromatic carbocycles. The van der Waals surface area contributed by atoms with Crippen LogP contribution in [0.1, 0.15) is 5.56 Å². The van der Waals surface area contributed by atoms with E-state index >= 15 is 0 Å². The van der Waals surface area contributed by atoms with Gasteiger partial charge in [0.1, 0.15) is 6.33 Å². The molecule has 4 nitrogen and oxygen atoms in total. The molecule has 0 unspecified atom stereocenters. The summed E-state index contributed by atoms with van der Waals surface area (Å²) in [6, 6.07) is 14.6. The van der Waals surface area contributed by atoms with Gasteiger partial charge in [-0.2, -0.15) is 5.10 Å². The Morgan fingerprint density at radius 3 is 2.83 bits per heavy atom. The van der Waals surface area contributed by atoms with Crippen LogP contribution in [-0.4, -0.2) is 14.9 Å². The largest absolute Gasteiger partial charge is 0.318 e. The lowest BCUT2D eigenvalue weighted by Gasteiger charge is -2.09. The summed E-state index contributed by atoms with van der Waals surface area (Å²) in [5.41, 5.74) is 4.45. The van der Waals surface area contributed by atoms with Crippen LogP contribution in [0, 0.1) is 4.77 Å². The Bertz CT molecular complexity index is 723. The molecule has 0 aliphatic rings. The summed E-state index contributed by atoms with van der Waals surface area (Å²) >= 11 is 5.08. The van der Waals surface area contributed by atoms with Crippen LogP contribution in [0.25, 0.3) is 10.8 Å². The third kappa shape index (κ3) is 2.00. The Balaban J connectivity index is 1.91. The maximum Gasteiger partial charge on any atom is 0.214 e. The summed E-state index contributed by atoms with van der Waals surface area (Å²) in [5, 5.41) is 9.07. The average Bonchev–Trinajstić information content (AvgIpc) is 2.82. The molecule has 0 aliphatic heterocycles. The molecule has 3 rings (SSSR count). The minimum Gasteiger partial charge on any atom is -0.318 e. The number of nitrogens with zero attached hydrogens (tertiary/aromatic N) is 2. The van der Waals surface area contributed by atoms with Gasteiger partial charge in [-0.25, -0.2) is 4.68 Å². The average molecular weight is 256 g/mol. The number of aromatic amines is 1. The maximum atomic E-state index is 5.08. The summed E-state index contributed by atoms with van der Waals surface area (Å²) in [6.45, 7) is 0.704. The van der Waals surface area contributed by atoms with Crippen LogP contribution in [-0.2, 0) is 6.54 Å². The first-order valence-electron chi connectivity index (χ1n) is 5.67. The Morgan fingerprint density at radius 2 is 2.00 bits per heavy atom. The molecule has 0 saturated carbocycles. The number of H-pyrrole nitrogens is 1. The Kier molecular flexibility index (Phi) is 2.82. The van der Waals surface area contributed by atoms with Crippen LogP contribution in [0.4, 0.5) is 0 Å². The van der Waals surface area contributed by atoms with Crippen LogP contribution in [0.2, 0.25) is 0 Å². The van der Waals surface area contributed by atoms with E-state index in [9.17, 15) is 0 Å². The zero-order valence-corrected chi connectivity index (χ0v) is 10.4. The van der Waals surface area contributed by atoms with Crippen molar-refractivity contribution in [2.75, 3.05) is 5.43 Å². The Hall–Kier alpha value is -2.14. The van der Waals surface area contributed by atoms with Gasteiger partial charge < -0.3 is 5.43 Å². The normalized spacial score (nSPS) is 10.7. The third-order valence-electron chi connectivity index (χ3n) is 2.87. The van der Waals surface area contributed by atoms with Gasteiger partial charge in [-0.1, -0.05) is 42.5 Å². The quantitative estimate of drug-likeness (QED) is 0.708. The molecule has 0 bridgehead atoms. The van der Waals surface area contributed by atoms with Gasteiger partial charge in [0.15, 0.2) is 0 Å². The standard InChI is InChI=1S/C13H12N4S/c18-13-16-14-9-17(13)15-8-11-6-3-5-10-4-1-2-7-12(10)11/h1-7,9,15H,8H2,(H,16,18). The van der Waals surface area contributed by atoms with Crippen molar-refractivity contribution < 1.29 is 0 Å². The highest BCUT2D eigenvalue weighted by molar-refractivity contribution is 7.71. The number of rotatable bonds is 3. The molecule has 0 saturated heterocycles. The highest BCUT2D eigenvalue weighted by Gasteiger charge is 2.00. The number of hydrogen-bond donors (Lipinski definition) is 2. The molecule has 0 fully saturated rings. The molecule has 18 heavy (non-hydrogen) atoms. The second-order valence-corrected chi connectivity index (χ2v) is 4.39. The molecule has 5 heteroatoms. The van der Waals surface area contributed by atoms with Crippen molar-refractivity contribution in [1.82, 2.24) is 14.9 Å². The van der Waals surface area contributed by atoms with Crippen LogP contribution in [0.5, 0.6) is 0 Å². The van der Waals surface area contributed by atoms with Crippen molar-refractivity contribution in [2.45, 2.75) is 6.54 Å². The minimum absolute atomic E-state index is 0.565. The second kappa shape index (κ2) is 4.62. The molecule has 3 aromatic rings. The van der Waals surface area contributed by atoms with Crippen molar-refractivity contribution in [3.63, 3.8) is 0 Å². The maximum absolute atomic E-state index is 5.08. The lowest BCUT2D eigenvalue weighted by molar-refractivity contribution is 0.827. The lowest BCUT2D eigenvalue weighted by Crippen LogP contribution is -2.13. The number of hydrogen-bond acceptors (Lipinski definition) is 3. The predicted octanol–water partition coefficient (Wildman–Crippen LogP) is 2.84. The first-order valence-corrected chi connectivity index (χ1v) is 6.08. The van der Waals surface area contributed by atoms with E-state index in [0.29, 0.717) is 11.3 Å². The smallest absolute Gasteiger partial charge is 0.214 e. The molecule has 0 aliphatic carbocycles. The summed E-state index contributed by atoms with van der Waals surface area (Å²) in [5.74, 6) is 0. The second-order valence-electron chi connectivity index (χ2n) is 4.00. The van der Waals surface area contributed by atoms with Crippen molar-refractivity contribution in [3.05, 3.63) is 59.1 Å². The SMILES string of the molecule is S=c1[nH]ncn1NCc1cccc2ccccc12. The fourth-order valence-electron chi connectivity index (χ4n) is 1.98. The van der Waals surface area contributed by atoms with E-state index in [1.807, 2.05) is 6.07 Å². The van der Waals surface area contributed by atoms with Crippen LogP contribution in [0.15, 0.2) is 48.8 Å². The Labute approximate surface area is 109 Å². The lowest BCUT2D eigenvalue weighted by atomic mass is 10.1. The van der Waals surface area contributed by atoms with Crippen molar-refractivity contribution >= 4 is 23.0 Å². The summed E-state index contributed by atoms with van der Waals surface area (Å²) < 4.78 is 2.27. The van der Waals surface area contributed by atoms with E-state index in [1.165, 1.54) is 16.3 Å². The highest BCUT2D eigenvalue weighted by atomic mass is 32.1. The van der Waals surface area contributed by atoms with Crippen LogP contribution < -0.4 is 5.43 Å². The van der Waals surface area contributed by atoms with E-state index in [-0.39, 0.29) is 0 Å². The van der Waals surface area contributed by atoms with Crippen molar-refractivity contribution in [1.29, 1.82) is 0 Å². The molecule has 1 heterocycles. The fourth-order valence-corrected chi connectivity index (χ4v) is 2.14. The van der Waals surface area contributed by atoms with Crippen LogP contribution in [0.3, 0.4) is 0 Å². The monoisotopic (exact) mass is 256 g/mol. The van der Waals surface area contributed by atoms with Gasteiger partial charge in [0, 0.05) is 0 Å². The van der Waals surface area contributed by atoms with E-state index in [0.717, 1.165) is 0 Å². The fraction of sp³-hybridized carbons (Fsp3) is 0.0769. The molecule has 1 aromatic heterocycles. The number of nitrogens with one attached hydrogen (secondary N) is 2. The van der Waals surface area contributed by atoms with Gasteiger partial charge in [-0.05, 0) is 28.6 Å². The summed E-state index contributed by atoms with van der Waals surface area (Å²) in [7, 11) is 0. The number of fused-ring (bicyclic) bond motifs is 1. The zero-order chi connectivity index (χ0) is 12.4.